The van der Waals surface area contributed by atoms with Gasteiger partial charge in [0, 0.05) is 12.1 Å². The normalized spacial score (nSPS) is 25.9. The van der Waals surface area contributed by atoms with Gasteiger partial charge in [0.25, 0.3) is 0 Å². The number of aryl methyl sites for hydroxylation is 1. The summed E-state index contributed by atoms with van der Waals surface area (Å²) in [5, 5.41) is 9.34. The van der Waals surface area contributed by atoms with Gasteiger partial charge in [-0.05, 0) is 50.8 Å². The summed E-state index contributed by atoms with van der Waals surface area (Å²) >= 11 is 0. The van der Waals surface area contributed by atoms with Crippen molar-refractivity contribution in [2.24, 2.45) is 5.92 Å². The molecule has 3 atom stereocenters. The van der Waals surface area contributed by atoms with Crippen LogP contribution in [-0.4, -0.2) is 48.5 Å². The molecule has 25 heavy (non-hydrogen) atoms. The van der Waals surface area contributed by atoms with E-state index in [1.807, 2.05) is 0 Å². The van der Waals surface area contributed by atoms with Gasteiger partial charge in [-0.1, -0.05) is 6.07 Å². The molecule has 2 fully saturated rings. The minimum atomic E-state index is -3.88. The number of hydrogen-bond acceptors (Lipinski definition) is 5. The molecule has 1 aromatic carbocycles. The minimum absolute atomic E-state index is 0.0426. The fraction of sp³-hybridized carbons (Fsp3) is 0.529. The van der Waals surface area contributed by atoms with Gasteiger partial charge >= 0.3 is 11.9 Å². The number of carbonyl (C=O) groups excluding carboxylic acids is 1. The number of sulfonamides is 1. The molecule has 2 bridgehead atoms. The van der Waals surface area contributed by atoms with Crippen LogP contribution in [0.3, 0.4) is 0 Å². The molecule has 3 unspecified atom stereocenters. The van der Waals surface area contributed by atoms with E-state index in [0.717, 1.165) is 0 Å². The fourth-order valence-corrected chi connectivity index (χ4v) is 6.08. The Balaban J connectivity index is 2.00. The van der Waals surface area contributed by atoms with Crippen molar-refractivity contribution in [2.45, 2.75) is 50.1 Å². The van der Waals surface area contributed by atoms with Crippen LogP contribution < -0.4 is 0 Å². The third-order valence-electron chi connectivity index (χ3n) is 5.04. The fourth-order valence-electron chi connectivity index (χ4n) is 3.91. The Kier molecular flexibility index (Phi) is 4.59. The number of nitrogens with zero attached hydrogens (tertiary/aromatic N) is 1. The summed E-state index contributed by atoms with van der Waals surface area (Å²) in [5.74, 6) is -2.20. The van der Waals surface area contributed by atoms with Crippen LogP contribution in [0.1, 0.15) is 42.1 Å². The van der Waals surface area contributed by atoms with Crippen molar-refractivity contribution in [3.05, 3.63) is 29.3 Å². The van der Waals surface area contributed by atoms with E-state index in [1.165, 1.54) is 16.4 Å². The lowest BCUT2D eigenvalue weighted by atomic mass is 9.89. The Morgan fingerprint density at radius 1 is 1.32 bits per heavy atom. The Hall–Kier alpha value is -1.93. The number of hydrogen-bond donors (Lipinski definition) is 1. The summed E-state index contributed by atoms with van der Waals surface area (Å²) in [6, 6.07) is 3.63. The first-order valence-electron chi connectivity index (χ1n) is 8.31. The van der Waals surface area contributed by atoms with E-state index in [9.17, 15) is 23.1 Å². The van der Waals surface area contributed by atoms with Gasteiger partial charge < -0.3 is 9.84 Å². The first kappa shape index (κ1) is 17.9. The molecule has 0 amide bonds. The van der Waals surface area contributed by atoms with Crippen LogP contribution in [0.25, 0.3) is 0 Å². The molecule has 136 valence electrons. The number of aliphatic carboxylic acids is 1. The van der Waals surface area contributed by atoms with E-state index >= 15 is 0 Å². The number of esters is 1. The summed E-state index contributed by atoms with van der Waals surface area (Å²) in [6.45, 7) is 3.54. The van der Waals surface area contributed by atoms with Gasteiger partial charge in [0.15, 0.2) is 0 Å². The van der Waals surface area contributed by atoms with Gasteiger partial charge in [-0.3, -0.25) is 4.79 Å². The Bertz CT molecular complexity index is 818. The Labute approximate surface area is 146 Å². The molecule has 0 spiro atoms. The molecular formula is C17H21NO6S. The van der Waals surface area contributed by atoms with Crippen molar-refractivity contribution < 1.29 is 27.9 Å². The summed E-state index contributed by atoms with van der Waals surface area (Å²) in [6.07, 6.45) is 1.57. The average molecular weight is 367 g/mol. The van der Waals surface area contributed by atoms with Gasteiger partial charge in [-0.15, -0.1) is 0 Å². The Morgan fingerprint density at radius 2 is 2.04 bits per heavy atom. The predicted molar refractivity (Wildman–Crippen MR) is 88.7 cm³/mol. The zero-order chi connectivity index (χ0) is 18.4. The van der Waals surface area contributed by atoms with Crippen molar-refractivity contribution >= 4 is 22.0 Å². The highest BCUT2D eigenvalue weighted by atomic mass is 32.2. The molecule has 8 heteroatoms. The highest BCUT2D eigenvalue weighted by molar-refractivity contribution is 7.89. The molecule has 0 aliphatic carbocycles. The molecule has 2 aliphatic heterocycles. The third kappa shape index (κ3) is 2.93. The van der Waals surface area contributed by atoms with E-state index in [-0.39, 0.29) is 23.1 Å². The summed E-state index contributed by atoms with van der Waals surface area (Å²) < 4.78 is 32.7. The Morgan fingerprint density at radius 3 is 2.64 bits per heavy atom. The van der Waals surface area contributed by atoms with Crippen molar-refractivity contribution in [3.8, 4) is 0 Å². The van der Waals surface area contributed by atoms with E-state index in [0.29, 0.717) is 24.8 Å². The topological polar surface area (TPSA) is 101 Å². The molecule has 2 heterocycles. The van der Waals surface area contributed by atoms with Gasteiger partial charge in [-0.2, -0.15) is 4.31 Å². The molecular weight excluding hydrogens is 346 g/mol. The third-order valence-corrected chi connectivity index (χ3v) is 7.16. The van der Waals surface area contributed by atoms with Crippen LogP contribution in [0.15, 0.2) is 23.1 Å². The molecule has 1 aromatic rings. The predicted octanol–water partition coefficient (Wildman–Crippen LogP) is 1.80. The summed E-state index contributed by atoms with van der Waals surface area (Å²) in [4.78, 5) is 23.4. The maximum Gasteiger partial charge on any atom is 0.338 e. The number of carbonyl (C=O) groups is 2. The maximum atomic E-state index is 13.2. The number of rotatable bonds is 5. The second-order valence-electron chi connectivity index (χ2n) is 6.51. The van der Waals surface area contributed by atoms with Gasteiger partial charge in [0.05, 0.1) is 23.0 Å². The number of carboxylic acids is 1. The molecule has 1 N–H and O–H groups in total. The second-order valence-corrected chi connectivity index (χ2v) is 8.33. The van der Waals surface area contributed by atoms with Gasteiger partial charge in [-0.25, -0.2) is 13.2 Å². The summed E-state index contributed by atoms with van der Waals surface area (Å²) in [7, 11) is -3.88. The second kappa shape index (κ2) is 6.42. The van der Waals surface area contributed by atoms with Gasteiger partial charge in [0.2, 0.25) is 10.0 Å². The van der Waals surface area contributed by atoms with Crippen LogP contribution in [0.2, 0.25) is 0 Å². The molecule has 0 saturated carbocycles. The van der Waals surface area contributed by atoms with E-state index in [2.05, 4.69) is 0 Å². The number of benzene rings is 1. The molecule has 0 aromatic heterocycles. The monoisotopic (exact) mass is 367 g/mol. The quantitative estimate of drug-likeness (QED) is 0.797. The van der Waals surface area contributed by atoms with Crippen LogP contribution in [-0.2, 0) is 19.6 Å². The van der Waals surface area contributed by atoms with Crippen molar-refractivity contribution in [1.29, 1.82) is 0 Å². The van der Waals surface area contributed by atoms with E-state index in [4.69, 9.17) is 4.74 Å². The van der Waals surface area contributed by atoms with Gasteiger partial charge in [0.1, 0.15) is 0 Å². The summed E-state index contributed by atoms with van der Waals surface area (Å²) in [5.41, 5.74) is 0.693. The van der Waals surface area contributed by atoms with E-state index < -0.39 is 33.9 Å². The van der Waals surface area contributed by atoms with Crippen LogP contribution >= 0.6 is 0 Å². The standard InChI is InChI=1S/C17H21NO6S/c1-3-24-17(21)11-5-4-10(2)15(8-11)25(22,23)18-12-6-7-14(18)13(9-12)16(19)20/h4-5,8,12-14H,3,6-7,9H2,1-2H3,(H,19,20). The number of carboxylic acid groups (broad SMARTS) is 1. The molecule has 0 radical (unpaired) electrons. The van der Waals surface area contributed by atoms with Crippen molar-refractivity contribution in [2.75, 3.05) is 6.61 Å². The van der Waals surface area contributed by atoms with Crippen LogP contribution in [0.5, 0.6) is 0 Å². The lowest BCUT2D eigenvalue weighted by Gasteiger charge is -2.23. The first-order chi connectivity index (χ1) is 11.8. The molecule has 2 saturated heterocycles. The largest absolute Gasteiger partial charge is 0.481 e. The average Bonchev–Trinajstić information content (AvgIpc) is 3.14. The number of ether oxygens (including phenoxy) is 1. The lowest BCUT2D eigenvalue weighted by Crippen LogP contribution is -2.38. The smallest absolute Gasteiger partial charge is 0.338 e. The zero-order valence-electron chi connectivity index (χ0n) is 14.1. The molecule has 2 aliphatic rings. The maximum absolute atomic E-state index is 13.2. The highest BCUT2D eigenvalue weighted by Gasteiger charge is 2.54. The van der Waals surface area contributed by atoms with Crippen LogP contribution in [0.4, 0.5) is 0 Å². The zero-order valence-corrected chi connectivity index (χ0v) is 15.0. The molecule has 7 nitrogen and oxygen atoms in total. The highest BCUT2D eigenvalue weighted by Crippen LogP contribution is 2.45. The van der Waals surface area contributed by atoms with Crippen molar-refractivity contribution in [1.82, 2.24) is 4.31 Å². The SMILES string of the molecule is CCOC(=O)c1ccc(C)c(S(=O)(=O)N2C3CCC2C(C(=O)O)C3)c1. The first-order valence-corrected chi connectivity index (χ1v) is 9.75. The minimum Gasteiger partial charge on any atom is -0.481 e. The lowest BCUT2D eigenvalue weighted by molar-refractivity contribution is -0.142. The van der Waals surface area contributed by atoms with Crippen molar-refractivity contribution in [3.63, 3.8) is 0 Å². The van der Waals surface area contributed by atoms with E-state index in [1.54, 1.807) is 19.9 Å². The number of fused-ring (bicyclic) bond motifs is 2. The van der Waals surface area contributed by atoms with Crippen LogP contribution in [0, 0.1) is 12.8 Å². The molecule has 3 rings (SSSR count).